The molecule has 1 N–H and O–H groups in total. The fraction of sp³-hybridized carbons (Fsp3) is 0.433. The van der Waals surface area contributed by atoms with Gasteiger partial charge in [-0.1, -0.05) is 18.3 Å². The number of thiocarbonyl (C=S) groups is 1. The van der Waals surface area contributed by atoms with Crippen LogP contribution in [0.1, 0.15) is 30.5 Å². The van der Waals surface area contributed by atoms with Crippen LogP contribution in [0.25, 0.3) is 22.2 Å². The predicted molar refractivity (Wildman–Crippen MR) is 170 cm³/mol. The Morgan fingerprint density at radius 1 is 1.18 bits per heavy atom. The first-order valence-electron chi connectivity index (χ1n) is 13.8. The molecule has 1 aromatic carbocycles. The van der Waals surface area contributed by atoms with Crippen molar-refractivity contribution in [2.75, 3.05) is 43.9 Å². The number of likely N-dealkylation sites (tertiary alicyclic amines) is 1. The molecule has 2 aliphatic heterocycles. The van der Waals surface area contributed by atoms with Crippen LogP contribution in [-0.4, -0.2) is 79.4 Å². The van der Waals surface area contributed by atoms with Crippen molar-refractivity contribution in [1.82, 2.24) is 25.1 Å². The highest BCUT2D eigenvalue weighted by molar-refractivity contribution is 8.00. The number of ketones is 1. The van der Waals surface area contributed by atoms with Crippen molar-refractivity contribution < 1.29 is 4.79 Å². The maximum atomic E-state index is 13.8. The summed E-state index contributed by atoms with van der Waals surface area (Å²) in [5.41, 5.74) is 4.87. The van der Waals surface area contributed by atoms with Crippen LogP contribution in [0, 0.1) is 12.8 Å². The average molecular weight is 591 g/mol. The van der Waals surface area contributed by atoms with E-state index in [1.54, 1.807) is 23.1 Å². The molecule has 0 amide bonds. The summed E-state index contributed by atoms with van der Waals surface area (Å²) in [6.07, 6.45) is 9.21. The molecule has 7 nitrogen and oxygen atoms in total. The normalized spacial score (nSPS) is 20.4. The minimum Gasteiger partial charge on any atom is -0.348 e. The van der Waals surface area contributed by atoms with E-state index in [-0.39, 0.29) is 4.75 Å². The molecular weight excluding hydrogens is 557 g/mol. The van der Waals surface area contributed by atoms with Crippen LogP contribution < -0.4 is 4.90 Å². The number of hydrogen-bond acceptors (Lipinski definition) is 9. The van der Waals surface area contributed by atoms with Gasteiger partial charge in [0.2, 0.25) is 0 Å². The smallest absolute Gasteiger partial charge is 0.185 e. The number of nitrogens with zero attached hydrogens (tertiary/aromatic N) is 5. The number of benzene rings is 1. The molecular formula is C30H34N6OS3. The number of Topliss-reactive ketones (excluding diaryl/α,β-unsaturated/α-hetero) is 1. The zero-order valence-corrected chi connectivity index (χ0v) is 25.4. The van der Waals surface area contributed by atoms with E-state index in [0.29, 0.717) is 18.1 Å². The van der Waals surface area contributed by atoms with Crippen LogP contribution in [0.15, 0.2) is 48.1 Å². The molecule has 0 unspecified atom stereocenters. The zero-order valence-electron chi connectivity index (χ0n) is 22.9. The standard InChI is InChI=1S/C30H34N6OS3/c1-20-15-23(5-9-31-20)28-24-16-21(3-4-25(24)33-34-28)17-27(37)30(39-2)8-13-35(19-30)18-26(38)22-6-11-36(12-7-22)29-32-10-14-40-29/h3-5,9-10,14-16,22H,6-8,11-13,17-19H2,1-2H3,(H,33,34)/t30-/m0/s1. The predicted octanol–water partition coefficient (Wildman–Crippen LogP) is 5.60. The van der Waals surface area contributed by atoms with Gasteiger partial charge in [0.1, 0.15) is 5.69 Å². The monoisotopic (exact) mass is 590 g/mol. The second-order valence-electron chi connectivity index (χ2n) is 10.9. The number of thioether (sulfide) groups is 1. The van der Waals surface area contributed by atoms with Crippen molar-refractivity contribution in [2.45, 2.75) is 37.4 Å². The Hall–Kier alpha value is -2.66. The summed E-state index contributed by atoms with van der Waals surface area (Å²) in [5.74, 6) is 0.764. The van der Waals surface area contributed by atoms with Gasteiger partial charge < -0.3 is 4.90 Å². The Morgan fingerprint density at radius 3 is 2.77 bits per heavy atom. The van der Waals surface area contributed by atoms with Gasteiger partial charge in [0.05, 0.1) is 10.3 Å². The molecule has 2 aliphatic rings. The minimum atomic E-state index is -0.389. The molecule has 0 saturated carbocycles. The number of piperidine rings is 1. The molecule has 1 atom stereocenters. The van der Waals surface area contributed by atoms with E-state index in [1.807, 2.05) is 49.0 Å². The van der Waals surface area contributed by atoms with Gasteiger partial charge in [-0.15, -0.1) is 23.1 Å². The Bertz CT molecular complexity index is 1510. The van der Waals surface area contributed by atoms with Crippen molar-refractivity contribution in [3.05, 3.63) is 59.4 Å². The Morgan fingerprint density at radius 2 is 2.02 bits per heavy atom. The number of hydrogen-bond donors (Lipinski definition) is 1. The maximum absolute atomic E-state index is 13.8. The third-order valence-electron chi connectivity index (χ3n) is 8.39. The Kier molecular flexibility index (Phi) is 8.03. The van der Waals surface area contributed by atoms with Crippen molar-refractivity contribution >= 4 is 62.0 Å². The van der Waals surface area contributed by atoms with Crippen LogP contribution in [0.5, 0.6) is 0 Å². The number of fused-ring (bicyclic) bond motifs is 1. The summed E-state index contributed by atoms with van der Waals surface area (Å²) in [6.45, 7) is 6.48. The second kappa shape index (κ2) is 11.7. The van der Waals surface area contributed by atoms with E-state index in [0.717, 1.165) is 95.4 Å². The largest absolute Gasteiger partial charge is 0.348 e. The highest BCUT2D eigenvalue weighted by Gasteiger charge is 2.43. The van der Waals surface area contributed by atoms with E-state index in [4.69, 9.17) is 12.2 Å². The summed E-state index contributed by atoms with van der Waals surface area (Å²) in [4.78, 5) is 28.5. The molecule has 0 bridgehead atoms. The van der Waals surface area contributed by atoms with Crippen LogP contribution >= 0.6 is 35.3 Å². The molecule has 208 valence electrons. The highest BCUT2D eigenvalue weighted by Crippen LogP contribution is 2.37. The molecule has 5 heterocycles. The lowest BCUT2D eigenvalue weighted by atomic mass is 9.93. The van der Waals surface area contributed by atoms with Crippen molar-refractivity contribution in [3.63, 3.8) is 0 Å². The number of rotatable bonds is 9. The number of anilines is 1. The van der Waals surface area contributed by atoms with E-state index in [1.165, 1.54) is 0 Å². The van der Waals surface area contributed by atoms with Crippen molar-refractivity contribution in [2.24, 2.45) is 5.92 Å². The topological polar surface area (TPSA) is 78.0 Å². The maximum Gasteiger partial charge on any atom is 0.185 e. The summed E-state index contributed by atoms with van der Waals surface area (Å²) < 4.78 is -0.389. The zero-order chi connectivity index (χ0) is 27.7. The quantitative estimate of drug-likeness (QED) is 0.253. The number of aromatic nitrogens is 4. The van der Waals surface area contributed by atoms with Crippen LogP contribution in [0.4, 0.5) is 5.13 Å². The van der Waals surface area contributed by atoms with Crippen LogP contribution in [0.3, 0.4) is 0 Å². The van der Waals surface area contributed by atoms with Crippen LogP contribution in [0.2, 0.25) is 0 Å². The van der Waals surface area contributed by atoms with E-state index in [2.05, 4.69) is 42.3 Å². The lowest BCUT2D eigenvalue weighted by molar-refractivity contribution is -0.120. The molecule has 6 rings (SSSR count). The SMILES string of the molecule is CS[C@@]1(C(=O)Cc2ccc3[nH]nc(-c4ccnc(C)c4)c3c2)CCN(CC(=S)C2CCN(c3nccs3)CC2)C1. The van der Waals surface area contributed by atoms with Gasteiger partial charge in [0.25, 0.3) is 0 Å². The molecule has 2 saturated heterocycles. The van der Waals surface area contributed by atoms with Gasteiger partial charge in [-0.2, -0.15) is 5.10 Å². The highest BCUT2D eigenvalue weighted by atomic mass is 32.2. The fourth-order valence-electron chi connectivity index (χ4n) is 6.05. The van der Waals surface area contributed by atoms with Gasteiger partial charge >= 0.3 is 0 Å². The second-order valence-corrected chi connectivity index (χ2v) is 13.5. The lowest BCUT2D eigenvalue weighted by Crippen LogP contribution is -2.42. The van der Waals surface area contributed by atoms with Gasteiger partial charge in [0.15, 0.2) is 10.9 Å². The number of aromatic amines is 1. The third kappa shape index (κ3) is 5.59. The number of H-pyrrole nitrogens is 1. The first-order chi connectivity index (χ1) is 19.4. The number of thiazole rings is 1. The molecule has 40 heavy (non-hydrogen) atoms. The summed E-state index contributed by atoms with van der Waals surface area (Å²) in [7, 11) is 0. The average Bonchev–Trinajstić information content (AvgIpc) is 3.73. The van der Waals surface area contributed by atoms with Gasteiger partial charge in [-0.05, 0) is 68.2 Å². The summed E-state index contributed by atoms with van der Waals surface area (Å²) in [5, 5.41) is 11.9. The lowest BCUT2D eigenvalue weighted by Gasteiger charge is -2.33. The first-order valence-corrected chi connectivity index (χ1v) is 16.3. The molecule has 10 heteroatoms. The van der Waals surface area contributed by atoms with Crippen molar-refractivity contribution in [1.29, 1.82) is 0 Å². The van der Waals surface area contributed by atoms with Crippen LogP contribution in [-0.2, 0) is 11.2 Å². The number of pyridine rings is 1. The molecule has 0 spiro atoms. The van der Waals surface area contributed by atoms with Gasteiger partial charge in [-0.25, -0.2) is 4.98 Å². The van der Waals surface area contributed by atoms with E-state index >= 15 is 0 Å². The number of aryl methyl sites for hydroxylation is 1. The molecule has 3 aromatic heterocycles. The van der Waals surface area contributed by atoms with Gasteiger partial charge in [-0.3, -0.25) is 19.8 Å². The number of carbonyl (C=O) groups is 1. The fourth-order valence-corrected chi connectivity index (χ4v) is 8.07. The van der Waals surface area contributed by atoms with E-state index < -0.39 is 0 Å². The Balaban J connectivity index is 1.09. The summed E-state index contributed by atoms with van der Waals surface area (Å²) >= 11 is 9.36. The Labute approximate surface area is 248 Å². The minimum absolute atomic E-state index is 0.300. The van der Waals surface area contributed by atoms with Gasteiger partial charge in [0, 0.05) is 78.4 Å². The molecule has 2 fully saturated rings. The van der Waals surface area contributed by atoms with E-state index in [9.17, 15) is 4.79 Å². The number of nitrogens with one attached hydrogen (secondary N) is 1. The first kappa shape index (κ1) is 27.5. The third-order valence-corrected chi connectivity index (χ3v) is 11.0. The molecule has 0 radical (unpaired) electrons. The van der Waals surface area contributed by atoms with Crippen molar-refractivity contribution in [3.8, 4) is 11.3 Å². The molecule has 0 aliphatic carbocycles. The molecule has 4 aromatic rings. The number of carbonyl (C=O) groups excluding carboxylic acids is 1. The summed E-state index contributed by atoms with van der Waals surface area (Å²) in [6, 6.07) is 10.2.